The van der Waals surface area contributed by atoms with Crippen LogP contribution in [0.3, 0.4) is 0 Å². The summed E-state index contributed by atoms with van der Waals surface area (Å²) in [6.45, 7) is 3.94. The second-order valence-corrected chi connectivity index (χ2v) is 6.08. The Morgan fingerprint density at radius 2 is 1.95 bits per heavy atom. The summed E-state index contributed by atoms with van der Waals surface area (Å²) in [5.41, 5.74) is 2.48. The maximum absolute atomic E-state index is 13.9. The van der Waals surface area contributed by atoms with E-state index in [2.05, 4.69) is 0 Å². The lowest BCUT2D eigenvalue weighted by Crippen LogP contribution is -2.01. The third-order valence-corrected chi connectivity index (χ3v) is 4.58. The molecule has 0 saturated carbocycles. The van der Waals surface area contributed by atoms with Crippen molar-refractivity contribution in [3.8, 4) is 6.07 Å². The number of nitrogens with zero attached hydrogens (tertiary/aromatic N) is 1. The maximum Gasteiger partial charge on any atom is 0.145 e. The van der Waals surface area contributed by atoms with E-state index in [1.54, 1.807) is 24.3 Å². The molecule has 0 aliphatic carbocycles. The van der Waals surface area contributed by atoms with Crippen molar-refractivity contribution in [2.24, 2.45) is 0 Å². The molecule has 1 atom stereocenters. The predicted octanol–water partition coefficient (Wildman–Crippen LogP) is 3.62. The van der Waals surface area contributed by atoms with Crippen LogP contribution in [0.25, 0.3) is 0 Å². The van der Waals surface area contributed by atoms with Crippen LogP contribution in [0.1, 0.15) is 22.3 Å². The molecule has 2 nitrogen and oxygen atoms in total. The van der Waals surface area contributed by atoms with Crippen molar-refractivity contribution < 1.29 is 8.60 Å². The van der Waals surface area contributed by atoms with Crippen molar-refractivity contribution in [2.75, 3.05) is 0 Å². The molecule has 0 aliphatic heterocycles. The summed E-state index contributed by atoms with van der Waals surface area (Å²) >= 11 is 0. The maximum atomic E-state index is 13.9. The summed E-state index contributed by atoms with van der Waals surface area (Å²) in [6, 6.07) is 11.9. The molecule has 0 saturated heterocycles. The summed E-state index contributed by atoms with van der Waals surface area (Å²) in [4.78, 5) is 0.676. The van der Waals surface area contributed by atoms with E-state index in [1.165, 1.54) is 6.07 Å². The second-order valence-electron chi connectivity index (χ2n) is 4.63. The smallest absolute Gasteiger partial charge is 0.145 e. The van der Waals surface area contributed by atoms with Crippen molar-refractivity contribution in [3.05, 3.63) is 64.5 Å². The molecule has 0 N–H and O–H groups in total. The van der Waals surface area contributed by atoms with Gasteiger partial charge in [-0.15, -0.1) is 0 Å². The van der Waals surface area contributed by atoms with E-state index in [4.69, 9.17) is 5.26 Å². The Morgan fingerprint density at radius 1 is 1.20 bits per heavy atom. The first-order chi connectivity index (χ1) is 9.52. The molecule has 2 rings (SSSR count). The number of nitriles is 1. The molecule has 0 aromatic heterocycles. The van der Waals surface area contributed by atoms with Gasteiger partial charge in [-0.2, -0.15) is 5.26 Å². The quantitative estimate of drug-likeness (QED) is 0.865. The largest absolute Gasteiger partial charge is 0.254 e. The van der Waals surface area contributed by atoms with Gasteiger partial charge in [0.25, 0.3) is 0 Å². The van der Waals surface area contributed by atoms with Crippen LogP contribution in [0.2, 0.25) is 0 Å². The highest BCUT2D eigenvalue weighted by Gasteiger charge is 2.12. The Labute approximate surface area is 120 Å². The molecule has 102 valence electrons. The van der Waals surface area contributed by atoms with E-state index >= 15 is 0 Å². The molecule has 2 aromatic rings. The minimum atomic E-state index is -1.32. The number of benzene rings is 2. The third-order valence-electron chi connectivity index (χ3n) is 3.23. The predicted molar refractivity (Wildman–Crippen MR) is 77.1 cm³/mol. The lowest BCUT2D eigenvalue weighted by atomic mass is 10.1. The van der Waals surface area contributed by atoms with Crippen LogP contribution in [0.4, 0.5) is 4.39 Å². The molecule has 1 unspecified atom stereocenters. The van der Waals surface area contributed by atoms with Crippen LogP contribution >= 0.6 is 0 Å². The first kappa shape index (κ1) is 14.4. The van der Waals surface area contributed by atoms with Crippen LogP contribution in [0.5, 0.6) is 0 Å². The van der Waals surface area contributed by atoms with Gasteiger partial charge in [0, 0.05) is 10.5 Å². The van der Waals surface area contributed by atoms with Gasteiger partial charge in [0.1, 0.15) is 11.9 Å². The Kier molecular flexibility index (Phi) is 4.31. The summed E-state index contributed by atoms with van der Waals surface area (Å²) < 4.78 is 26.2. The minimum absolute atomic E-state index is 0.0143. The summed E-state index contributed by atoms with van der Waals surface area (Å²) in [6.07, 6.45) is 0. The van der Waals surface area contributed by atoms with E-state index in [-0.39, 0.29) is 11.3 Å². The van der Waals surface area contributed by atoms with E-state index in [0.29, 0.717) is 10.5 Å². The Hall–Kier alpha value is -1.99. The fourth-order valence-electron chi connectivity index (χ4n) is 1.86. The van der Waals surface area contributed by atoms with Crippen LogP contribution in [-0.2, 0) is 16.6 Å². The van der Waals surface area contributed by atoms with Crippen LogP contribution < -0.4 is 0 Å². The zero-order chi connectivity index (χ0) is 14.7. The van der Waals surface area contributed by atoms with Crippen LogP contribution in [0.15, 0.2) is 41.3 Å². The molecule has 4 heteroatoms. The normalized spacial score (nSPS) is 11.9. The molecule has 0 heterocycles. The van der Waals surface area contributed by atoms with Gasteiger partial charge in [-0.1, -0.05) is 18.2 Å². The first-order valence-electron chi connectivity index (χ1n) is 6.16. The highest BCUT2D eigenvalue weighted by molar-refractivity contribution is 7.84. The zero-order valence-electron chi connectivity index (χ0n) is 11.3. The highest BCUT2D eigenvalue weighted by atomic mass is 32.2. The highest BCUT2D eigenvalue weighted by Crippen LogP contribution is 2.19. The van der Waals surface area contributed by atoms with Gasteiger partial charge in [0.2, 0.25) is 0 Å². The Balaban J connectivity index is 2.28. The summed E-state index contributed by atoms with van der Waals surface area (Å²) in [5, 5.41) is 8.80. The third kappa shape index (κ3) is 2.94. The molecule has 0 bridgehead atoms. The van der Waals surface area contributed by atoms with E-state index in [1.807, 2.05) is 26.0 Å². The Bertz CT molecular complexity index is 719. The topological polar surface area (TPSA) is 40.9 Å². The first-order valence-corrected chi connectivity index (χ1v) is 7.48. The molecule has 0 aliphatic rings. The summed E-state index contributed by atoms with van der Waals surface area (Å²) in [5.74, 6) is -0.503. The van der Waals surface area contributed by atoms with Crippen molar-refractivity contribution in [1.29, 1.82) is 5.26 Å². The molecule has 2 aromatic carbocycles. The molecule has 0 fully saturated rings. The average molecular weight is 287 g/mol. The van der Waals surface area contributed by atoms with Crippen molar-refractivity contribution >= 4 is 10.8 Å². The lowest BCUT2D eigenvalue weighted by molar-refractivity contribution is 0.611. The fourth-order valence-corrected chi connectivity index (χ4v) is 3.06. The van der Waals surface area contributed by atoms with Gasteiger partial charge >= 0.3 is 0 Å². The van der Waals surface area contributed by atoms with Gasteiger partial charge in [-0.25, -0.2) is 4.39 Å². The molecule has 0 spiro atoms. The number of rotatable bonds is 3. The van der Waals surface area contributed by atoms with Crippen LogP contribution in [-0.4, -0.2) is 4.21 Å². The van der Waals surface area contributed by atoms with Crippen LogP contribution in [0, 0.1) is 31.0 Å². The van der Waals surface area contributed by atoms with Crippen molar-refractivity contribution in [1.82, 2.24) is 0 Å². The minimum Gasteiger partial charge on any atom is -0.254 e. The number of hydrogen-bond donors (Lipinski definition) is 0. The average Bonchev–Trinajstić information content (AvgIpc) is 2.44. The standard InChI is InChI=1S/C16H14FNOS/c1-11-6-7-15(8-12(11)2)20(19)10-14-5-3-4-13(9-18)16(14)17/h3-8H,10H2,1-2H3. The Morgan fingerprint density at radius 3 is 2.60 bits per heavy atom. The van der Waals surface area contributed by atoms with Crippen molar-refractivity contribution in [3.63, 3.8) is 0 Å². The van der Waals surface area contributed by atoms with Gasteiger partial charge in [-0.05, 0) is 43.2 Å². The van der Waals surface area contributed by atoms with Gasteiger partial charge in [-0.3, -0.25) is 4.21 Å². The molecular weight excluding hydrogens is 273 g/mol. The summed E-state index contributed by atoms with van der Waals surface area (Å²) in [7, 11) is -1.32. The van der Waals surface area contributed by atoms with E-state index in [9.17, 15) is 8.60 Å². The van der Waals surface area contributed by atoms with E-state index < -0.39 is 16.6 Å². The molecule has 0 amide bonds. The zero-order valence-corrected chi connectivity index (χ0v) is 12.1. The lowest BCUT2D eigenvalue weighted by Gasteiger charge is -2.07. The number of aryl methyl sites for hydroxylation is 2. The monoisotopic (exact) mass is 287 g/mol. The number of hydrogen-bond acceptors (Lipinski definition) is 2. The van der Waals surface area contributed by atoms with Crippen molar-refractivity contribution in [2.45, 2.75) is 24.5 Å². The second kappa shape index (κ2) is 5.98. The number of halogens is 1. The van der Waals surface area contributed by atoms with Gasteiger partial charge < -0.3 is 0 Å². The molecule has 0 radical (unpaired) electrons. The fraction of sp³-hybridized carbons (Fsp3) is 0.188. The van der Waals surface area contributed by atoms with Gasteiger partial charge in [0.15, 0.2) is 0 Å². The van der Waals surface area contributed by atoms with Gasteiger partial charge in [0.05, 0.1) is 22.1 Å². The SMILES string of the molecule is Cc1ccc(S(=O)Cc2cccc(C#N)c2F)cc1C. The molecule has 20 heavy (non-hydrogen) atoms. The molecular formula is C16H14FNOS. The van der Waals surface area contributed by atoms with E-state index in [0.717, 1.165) is 11.1 Å².